The number of amides is 3. The summed E-state index contributed by atoms with van der Waals surface area (Å²) in [5.74, 6) is -1.88. The number of nitrogens with zero attached hydrogens (tertiary/aromatic N) is 2. The van der Waals surface area contributed by atoms with Gasteiger partial charge in [-0.2, -0.15) is 0 Å². The summed E-state index contributed by atoms with van der Waals surface area (Å²) in [6, 6.07) is 7.08. The molecule has 1 aromatic carbocycles. The van der Waals surface area contributed by atoms with Crippen molar-refractivity contribution >= 4 is 40.7 Å². The number of benzene rings is 1. The van der Waals surface area contributed by atoms with E-state index in [2.05, 4.69) is 16.1 Å². The fourth-order valence-corrected chi connectivity index (χ4v) is 5.21. The van der Waals surface area contributed by atoms with Crippen LogP contribution in [-0.4, -0.2) is 71.6 Å². The Balaban J connectivity index is 1.50. The zero-order chi connectivity index (χ0) is 29.3. The maximum absolute atomic E-state index is 13.5. The monoisotopic (exact) mass is 563 g/mol. The van der Waals surface area contributed by atoms with Gasteiger partial charge in [-0.15, -0.1) is 0 Å². The van der Waals surface area contributed by atoms with Gasteiger partial charge in [0.25, 0.3) is 5.91 Å². The summed E-state index contributed by atoms with van der Waals surface area (Å²) in [5, 5.41) is 7.92. The molecule has 1 spiro atoms. The van der Waals surface area contributed by atoms with Crippen molar-refractivity contribution in [2.45, 2.75) is 64.8 Å². The van der Waals surface area contributed by atoms with Crippen LogP contribution < -0.4 is 16.1 Å². The van der Waals surface area contributed by atoms with Gasteiger partial charge in [0.2, 0.25) is 11.8 Å². The zero-order valence-electron chi connectivity index (χ0n) is 23.8. The molecule has 4 unspecified atom stereocenters. The fourth-order valence-electron chi connectivity index (χ4n) is 5.21. The second-order valence-electron chi connectivity index (χ2n) is 11.5. The number of carbonyl (C=O) groups is 4. The summed E-state index contributed by atoms with van der Waals surface area (Å²) in [6.07, 6.45) is 4.15. The van der Waals surface area contributed by atoms with Gasteiger partial charge in [-0.3, -0.25) is 24.2 Å². The quantitative estimate of drug-likeness (QED) is 0.448. The van der Waals surface area contributed by atoms with E-state index in [9.17, 15) is 19.2 Å². The Hall–Kier alpha value is -3.83. The number of cyclic esters (lactones) is 1. The Morgan fingerprint density at radius 3 is 2.51 bits per heavy atom. The van der Waals surface area contributed by atoms with Crippen molar-refractivity contribution in [1.29, 1.82) is 0 Å². The minimum absolute atomic E-state index is 0.192. The molecule has 3 amide bonds. The molecule has 1 aromatic heterocycles. The number of hydrazine groups is 1. The Kier molecular flexibility index (Phi) is 8.10. The molecule has 218 valence electrons. The number of aromatic nitrogens is 1. The highest BCUT2D eigenvalue weighted by atomic mass is 16.5. The van der Waals surface area contributed by atoms with Crippen molar-refractivity contribution in [1.82, 2.24) is 26.1 Å². The molecule has 11 nitrogen and oxygen atoms in total. The number of fused-ring (bicyclic) bond motifs is 4. The lowest BCUT2D eigenvalue weighted by Gasteiger charge is -2.39. The molecule has 3 aliphatic rings. The smallest absolute Gasteiger partial charge is 0.325 e. The average molecular weight is 564 g/mol. The first-order valence-electron chi connectivity index (χ1n) is 14.1. The molecular weight excluding hydrogens is 526 g/mol. The minimum atomic E-state index is -0.923. The molecule has 41 heavy (non-hydrogen) atoms. The molecule has 0 saturated carbocycles. The molecular formula is C30H37N5O6. The van der Waals surface area contributed by atoms with Gasteiger partial charge < -0.3 is 20.1 Å². The lowest BCUT2D eigenvalue weighted by atomic mass is 9.83. The number of rotatable bonds is 1. The van der Waals surface area contributed by atoms with Gasteiger partial charge in [-0.05, 0) is 50.3 Å². The summed E-state index contributed by atoms with van der Waals surface area (Å²) < 4.78 is 11.2. The van der Waals surface area contributed by atoms with Gasteiger partial charge in [0, 0.05) is 11.9 Å². The number of hydrogen-bond acceptors (Lipinski definition) is 8. The Morgan fingerprint density at radius 2 is 1.80 bits per heavy atom. The van der Waals surface area contributed by atoms with Crippen LogP contribution in [0, 0.1) is 11.3 Å². The third-order valence-electron chi connectivity index (χ3n) is 7.92. The Morgan fingerprint density at radius 1 is 1.05 bits per heavy atom. The Bertz CT molecular complexity index is 1390. The predicted molar refractivity (Wildman–Crippen MR) is 151 cm³/mol. The maximum atomic E-state index is 13.5. The van der Waals surface area contributed by atoms with Crippen molar-refractivity contribution in [2.75, 3.05) is 19.8 Å². The molecule has 3 N–H and O–H groups in total. The highest BCUT2D eigenvalue weighted by molar-refractivity contribution is 5.94. The molecule has 11 heteroatoms. The minimum Gasteiger partial charge on any atom is -0.455 e. The summed E-state index contributed by atoms with van der Waals surface area (Å²) in [4.78, 5) is 57.8. The highest BCUT2D eigenvalue weighted by Crippen LogP contribution is 2.31. The number of pyridine rings is 1. The van der Waals surface area contributed by atoms with Crippen molar-refractivity contribution in [2.24, 2.45) is 11.3 Å². The molecule has 2 fully saturated rings. The first kappa shape index (κ1) is 28.7. The molecule has 2 aromatic rings. The summed E-state index contributed by atoms with van der Waals surface area (Å²) in [7, 11) is 0. The first-order valence-corrected chi connectivity index (χ1v) is 14.1. The summed E-state index contributed by atoms with van der Waals surface area (Å²) >= 11 is 0. The van der Waals surface area contributed by atoms with E-state index in [1.807, 2.05) is 56.3 Å². The maximum Gasteiger partial charge on any atom is 0.325 e. The topological polar surface area (TPSA) is 139 Å². The van der Waals surface area contributed by atoms with Crippen LogP contribution in [0.2, 0.25) is 0 Å². The number of hydrogen-bond donors (Lipinski definition) is 3. The molecule has 5 rings (SSSR count). The van der Waals surface area contributed by atoms with Crippen molar-refractivity contribution in [3.05, 3.63) is 47.7 Å². The van der Waals surface area contributed by atoms with Gasteiger partial charge >= 0.3 is 5.97 Å². The van der Waals surface area contributed by atoms with Gasteiger partial charge in [-0.1, -0.05) is 44.2 Å². The number of ether oxygens (including phenoxy) is 2. The van der Waals surface area contributed by atoms with Gasteiger partial charge in [0.1, 0.15) is 29.6 Å². The van der Waals surface area contributed by atoms with E-state index in [-0.39, 0.29) is 30.9 Å². The van der Waals surface area contributed by atoms with Gasteiger partial charge in [-0.25, -0.2) is 10.4 Å². The first-order chi connectivity index (χ1) is 19.6. The SMILES string of the molecule is CC1NC(=O)C(C(C)C)NC(=O)C2(C=Cc3ccc4ccc(nc4c3)C(C)OC(=O)C3CCCN(N3)C1=O)COC2. The predicted octanol–water partition coefficient (Wildman–Crippen LogP) is 2.02. The van der Waals surface area contributed by atoms with Crippen LogP contribution in [0.3, 0.4) is 0 Å². The molecule has 4 atom stereocenters. The van der Waals surface area contributed by atoms with E-state index < -0.39 is 41.5 Å². The van der Waals surface area contributed by atoms with Crippen LogP contribution in [0.25, 0.3) is 17.0 Å². The van der Waals surface area contributed by atoms with E-state index in [1.54, 1.807) is 13.8 Å². The van der Waals surface area contributed by atoms with Crippen LogP contribution in [-0.2, 0) is 28.7 Å². The van der Waals surface area contributed by atoms with Crippen molar-refractivity contribution in [3.8, 4) is 0 Å². The highest BCUT2D eigenvalue weighted by Gasteiger charge is 2.45. The molecule has 4 heterocycles. The Labute approximate surface area is 239 Å². The zero-order valence-corrected chi connectivity index (χ0v) is 23.8. The lowest BCUT2D eigenvalue weighted by Crippen LogP contribution is -2.62. The van der Waals surface area contributed by atoms with E-state index in [0.717, 1.165) is 16.5 Å². The molecule has 0 aliphatic carbocycles. The van der Waals surface area contributed by atoms with Crippen molar-refractivity contribution in [3.63, 3.8) is 0 Å². The van der Waals surface area contributed by atoms with E-state index in [4.69, 9.17) is 14.5 Å². The molecule has 3 aliphatic heterocycles. The standard InChI is InChI=1S/C30H37N5O6/c1-17(2)25-26(36)31-18(3)27(37)35-13-5-6-23(34-35)28(38)41-19(4)22-10-9-21-8-7-20(14-24(21)32-22)11-12-30(15-40-16-30)29(39)33-25/h7-12,14,17-19,23,25,34H,5-6,13,15-16H2,1-4H3,(H,31,36)(H,33,39). The van der Waals surface area contributed by atoms with Crippen LogP contribution in [0.1, 0.15) is 57.9 Å². The largest absolute Gasteiger partial charge is 0.455 e. The molecule has 5 bridgehead atoms. The average Bonchev–Trinajstić information content (AvgIpc) is 2.93. The van der Waals surface area contributed by atoms with E-state index in [0.29, 0.717) is 25.1 Å². The fraction of sp³-hybridized carbons (Fsp3) is 0.500. The summed E-state index contributed by atoms with van der Waals surface area (Å²) in [5.41, 5.74) is 4.21. The second kappa shape index (κ2) is 11.6. The number of esters is 1. The summed E-state index contributed by atoms with van der Waals surface area (Å²) in [6.45, 7) is 7.77. The normalized spacial score (nSPS) is 27.4. The number of nitrogens with one attached hydrogen (secondary N) is 3. The van der Waals surface area contributed by atoms with Gasteiger partial charge in [0.15, 0.2) is 0 Å². The number of carbonyl (C=O) groups excluding carboxylic acids is 4. The lowest BCUT2D eigenvalue weighted by molar-refractivity contribution is -0.157. The van der Waals surface area contributed by atoms with E-state index >= 15 is 0 Å². The molecule has 0 radical (unpaired) electrons. The van der Waals surface area contributed by atoms with E-state index in [1.165, 1.54) is 5.01 Å². The van der Waals surface area contributed by atoms with Gasteiger partial charge in [0.05, 0.1) is 24.4 Å². The van der Waals surface area contributed by atoms with Crippen molar-refractivity contribution < 1.29 is 28.7 Å². The third kappa shape index (κ3) is 5.96. The van der Waals surface area contributed by atoms with Crippen LogP contribution in [0.4, 0.5) is 0 Å². The molecule has 2 saturated heterocycles. The van der Waals surface area contributed by atoms with Crippen LogP contribution in [0.5, 0.6) is 0 Å². The third-order valence-corrected chi connectivity index (χ3v) is 7.92. The van der Waals surface area contributed by atoms with Crippen LogP contribution >= 0.6 is 0 Å². The second-order valence-corrected chi connectivity index (χ2v) is 11.5. The van der Waals surface area contributed by atoms with Crippen LogP contribution in [0.15, 0.2) is 36.4 Å².